The highest BCUT2D eigenvalue weighted by molar-refractivity contribution is 6.00. The standard InChI is InChI=1S/C25H32N2O5.ClH/c1-29-21-19(24(28)27-15-5-4-11-25(27)12-13-25)16-20(22(30-2)23(21)31-3)32-18-8-6-17(7-9-18)10-14-26;/h6-9,16H,4-5,10-15,26H2,1-3H3;1H. The Labute approximate surface area is 201 Å². The Kier molecular flexibility index (Phi) is 7.97. The van der Waals surface area contributed by atoms with Crippen LogP contribution in [0.2, 0.25) is 0 Å². The van der Waals surface area contributed by atoms with E-state index in [0.717, 1.165) is 44.2 Å². The number of likely N-dealkylation sites (tertiary alicyclic amines) is 1. The third kappa shape index (κ3) is 4.84. The van der Waals surface area contributed by atoms with Crippen molar-refractivity contribution in [1.82, 2.24) is 4.90 Å². The zero-order valence-corrected chi connectivity index (χ0v) is 20.3. The summed E-state index contributed by atoms with van der Waals surface area (Å²) in [4.78, 5) is 15.7. The molecule has 8 heteroatoms. The zero-order valence-electron chi connectivity index (χ0n) is 19.5. The summed E-state index contributed by atoms with van der Waals surface area (Å²) in [6.07, 6.45) is 6.17. The van der Waals surface area contributed by atoms with Gasteiger partial charge in [-0.15, -0.1) is 12.4 Å². The van der Waals surface area contributed by atoms with Crippen LogP contribution >= 0.6 is 12.4 Å². The summed E-state index contributed by atoms with van der Waals surface area (Å²) in [7, 11) is 4.61. The summed E-state index contributed by atoms with van der Waals surface area (Å²) in [6, 6.07) is 9.43. The van der Waals surface area contributed by atoms with Crippen molar-refractivity contribution in [2.24, 2.45) is 5.73 Å². The van der Waals surface area contributed by atoms with Crippen LogP contribution in [0, 0.1) is 0 Å². The van der Waals surface area contributed by atoms with Gasteiger partial charge in [0.1, 0.15) is 5.75 Å². The maximum atomic E-state index is 13.7. The molecule has 0 bridgehead atoms. The number of piperidine rings is 1. The minimum atomic E-state index is -0.0526. The number of rotatable bonds is 8. The minimum Gasteiger partial charge on any atom is -0.492 e. The predicted octanol–water partition coefficient (Wildman–Crippen LogP) is 4.59. The van der Waals surface area contributed by atoms with E-state index >= 15 is 0 Å². The molecule has 1 aliphatic heterocycles. The lowest BCUT2D eigenvalue weighted by Gasteiger charge is -2.36. The molecular weight excluding hydrogens is 444 g/mol. The zero-order chi connectivity index (χ0) is 22.7. The lowest BCUT2D eigenvalue weighted by molar-refractivity contribution is 0.0569. The van der Waals surface area contributed by atoms with Gasteiger partial charge in [0.2, 0.25) is 11.5 Å². The highest BCUT2D eigenvalue weighted by atomic mass is 35.5. The van der Waals surface area contributed by atoms with Crippen LogP contribution in [-0.2, 0) is 6.42 Å². The maximum Gasteiger partial charge on any atom is 0.258 e. The van der Waals surface area contributed by atoms with Gasteiger partial charge >= 0.3 is 0 Å². The molecule has 1 heterocycles. The van der Waals surface area contributed by atoms with E-state index < -0.39 is 0 Å². The Morgan fingerprint density at radius 1 is 0.970 bits per heavy atom. The summed E-state index contributed by atoms with van der Waals surface area (Å²) < 4.78 is 23.0. The van der Waals surface area contributed by atoms with Crippen molar-refractivity contribution in [2.75, 3.05) is 34.4 Å². The molecular formula is C25H33ClN2O5. The van der Waals surface area contributed by atoms with Crippen LogP contribution in [0.4, 0.5) is 0 Å². The number of nitrogens with zero attached hydrogens (tertiary/aromatic N) is 1. The van der Waals surface area contributed by atoms with Gasteiger partial charge in [-0.2, -0.15) is 0 Å². The first kappa shape index (κ1) is 25.0. The van der Waals surface area contributed by atoms with Gasteiger partial charge in [-0.1, -0.05) is 12.1 Å². The highest BCUT2D eigenvalue weighted by Gasteiger charge is 2.51. The van der Waals surface area contributed by atoms with Gasteiger partial charge in [0.05, 0.1) is 26.9 Å². The number of ether oxygens (including phenoxy) is 4. The van der Waals surface area contributed by atoms with Crippen molar-refractivity contribution in [3.05, 3.63) is 41.5 Å². The van der Waals surface area contributed by atoms with Gasteiger partial charge in [0, 0.05) is 18.2 Å². The predicted molar refractivity (Wildman–Crippen MR) is 129 cm³/mol. The maximum absolute atomic E-state index is 13.7. The Morgan fingerprint density at radius 3 is 2.21 bits per heavy atom. The van der Waals surface area contributed by atoms with E-state index in [1.807, 2.05) is 29.2 Å². The molecule has 0 atom stereocenters. The van der Waals surface area contributed by atoms with Crippen LogP contribution in [0.25, 0.3) is 0 Å². The molecule has 2 fully saturated rings. The largest absolute Gasteiger partial charge is 0.492 e. The van der Waals surface area contributed by atoms with Crippen molar-refractivity contribution in [2.45, 2.75) is 44.1 Å². The summed E-state index contributed by atoms with van der Waals surface area (Å²) >= 11 is 0. The quantitative estimate of drug-likeness (QED) is 0.600. The van der Waals surface area contributed by atoms with Crippen molar-refractivity contribution >= 4 is 18.3 Å². The number of methoxy groups -OCH3 is 3. The van der Waals surface area contributed by atoms with Crippen LogP contribution in [-0.4, -0.2) is 50.8 Å². The normalized spacial score (nSPS) is 16.1. The second-order valence-electron chi connectivity index (χ2n) is 8.44. The fourth-order valence-corrected chi connectivity index (χ4v) is 4.66. The average Bonchev–Trinajstić information content (AvgIpc) is 3.58. The van der Waals surface area contributed by atoms with Gasteiger partial charge in [-0.05, 0) is 62.8 Å². The van der Waals surface area contributed by atoms with Crippen LogP contribution in [0.3, 0.4) is 0 Å². The molecule has 4 rings (SSSR count). The minimum absolute atomic E-state index is 0. The smallest absolute Gasteiger partial charge is 0.258 e. The molecule has 1 saturated carbocycles. The van der Waals surface area contributed by atoms with Crippen molar-refractivity contribution < 1.29 is 23.7 Å². The molecule has 1 aliphatic carbocycles. The second kappa shape index (κ2) is 10.5. The average molecular weight is 477 g/mol. The number of nitrogens with two attached hydrogens (primary N) is 1. The van der Waals surface area contributed by atoms with Crippen LogP contribution in [0.1, 0.15) is 48.0 Å². The van der Waals surface area contributed by atoms with E-state index in [1.165, 1.54) is 20.6 Å². The Bertz CT molecular complexity index is 976. The molecule has 1 amide bonds. The number of amides is 1. The molecule has 0 radical (unpaired) electrons. The molecule has 0 aromatic heterocycles. The number of halogens is 1. The van der Waals surface area contributed by atoms with E-state index in [1.54, 1.807) is 13.2 Å². The van der Waals surface area contributed by atoms with E-state index in [-0.39, 0.29) is 23.9 Å². The third-order valence-electron chi connectivity index (χ3n) is 6.50. The topological polar surface area (TPSA) is 83.3 Å². The lowest BCUT2D eigenvalue weighted by atomic mass is 9.98. The molecule has 1 saturated heterocycles. The molecule has 7 nitrogen and oxygen atoms in total. The van der Waals surface area contributed by atoms with E-state index in [2.05, 4.69) is 0 Å². The van der Waals surface area contributed by atoms with Crippen LogP contribution < -0.4 is 24.7 Å². The SMILES string of the molecule is COc1c(Oc2ccc(CCN)cc2)cc(C(=O)N2CCCCC23CC3)c(OC)c1OC.Cl. The van der Waals surface area contributed by atoms with Gasteiger partial charge in [-0.3, -0.25) is 4.79 Å². The van der Waals surface area contributed by atoms with E-state index in [4.69, 9.17) is 24.7 Å². The number of hydrogen-bond donors (Lipinski definition) is 1. The number of carbonyl (C=O) groups is 1. The van der Waals surface area contributed by atoms with Crippen molar-refractivity contribution in [3.63, 3.8) is 0 Å². The molecule has 180 valence electrons. The van der Waals surface area contributed by atoms with Gasteiger partial charge in [0.25, 0.3) is 5.91 Å². The summed E-state index contributed by atoms with van der Waals surface area (Å²) in [5, 5.41) is 0. The summed E-state index contributed by atoms with van der Waals surface area (Å²) in [5.41, 5.74) is 7.21. The Balaban J connectivity index is 0.00000306. The number of hydrogen-bond acceptors (Lipinski definition) is 6. The molecule has 2 aromatic carbocycles. The van der Waals surface area contributed by atoms with Crippen molar-refractivity contribution in [1.29, 1.82) is 0 Å². The monoisotopic (exact) mass is 476 g/mol. The lowest BCUT2D eigenvalue weighted by Crippen LogP contribution is -2.45. The molecule has 0 unspecified atom stereocenters. The first-order valence-corrected chi connectivity index (χ1v) is 11.2. The molecule has 33 heavy (non-hydrogen) atoms. The number of benzene rings is 2. The second-order valence-corrected chi connectivity index (χ2v) is 8.44. The first-order chi connectivity index (χ1) is 15.6. The number of carbonyl (C=O) groups excluding carboxylic acids is 1. The Morgan fingerprint density at radius 2 is 1.64 bits per heavy atom. The highest BCUT2D eigenvalue weighted by Crippen LogP contribution is 2.52. The van der Waals surface area contributed by atoms with Gasteiger partial charge in [-0.25, -0.2) is 0 Å². The Hall–Kier alpha value is -2.64. The summed E-state index contributed by atoms with van der Waals surface area (Å²) in [6.45, 7) is 1.35. The van der Waals surface area contributed by atoms with Gasteiger partial charge in [0.15, 0.2) is 11.5 Å². The van der Waals surface area contributed by atoms with Crippen molar-refractivity contribution in [3.8, 4) is 28.7 Å². The van der Waals surface area contributed by atoms with Crippen LogP contribution in [0.15, 0.2) is 30.3 Å². The molecule has 2 aliphatic rings. The molecule has 1 spiro atoms. The van der Waals surface area contributed by atoms with E-state index in [9.17, 15) is 4.79 Å². The third-order valence-corrected chi connectivity index (χ3v) is 6.50. The fraction of sp³-hybridized carbons (Fsp3) is 0.480. The fourth-order valence-electron chi connectivity index (χ4n) is 4.66. The molecule has 2 aromatic rings. The van der Waals surface area contributed by atoms with Gasteiger partial charge < -0.3 is 29.6 Å². The van der Waals surface area contributed by atoms with E-state index in [0.29, 0.717) is 40.9 Å². The summed E-state index contributed by atoms with van der Waals surface area (Å²) in [5.74, 6) is 2.07. The molecule has 2 N–H and O–H groups in total. The van der Waals surface area contributed by atoms with Crippen LogP contribution in [0.5, 0.6) is 28.7 Å². The first-order valence-electron chi connectivity index (χ1n) is 11.2.